The van der Waals surface area contributed by atoms with E-state index < -0.39 is 0 Å². The van der Waals surface area contributed by atoms with Crippen molar-refractivity contribution < 1.29 is 5.11 Å². The monoisotopic (exact) mass is 253 g/mol. The number of nitrogens with zero attached hydrogens (tertiary/aromatic N) is 2. The molecule has 0 aliphatic carbocycles. The van der Waals surface area contributed by atoms with Crippen LogP contribution in [0.4, 0.5) is 0 Å². The van der Waals surface area contributed by atoms with Gasteiger partial charge >= 0.3 is 0 Å². The minimum absolute atomic E-state index is 0. The Morgan fingerprint density at radius 3 is 2.76 bits per heavy atom. The zero-order chi connectivity index (χ0) is 11.5. The second-order valence-corrected chi connectivity index (χ2v) is 3.78. The lowest BCUT2D eigenvalue weighted by Crippen LogP contribution is -2.09. The van der Waals surface area contributed by atoms with Gasteiger partial charge in [-0.1, -0.05) is 6.07 Å². The van der Waals surface area contributed by atoms with Crippen LogP contribution in [-0.4, -0.2) is 21.4 Å². The number of aromatic nitrogens is 2. The fourth-order valence-corrected chi connectivity index (χ4v) is 1.60. The molecule has 0 aliphatic rings. The maximum absolute atomic E-state index is 9.44. The molecule has 0 spiro atoms. The zero-order valence-corrected chi connectivity index (χ0v) is 10.4. The predicted octanol–water partition coefficient (Wildman–Crippen LogP) is 1.94. The van der Waals surface area contributed by atoms with Crippen molar-refractivity contribution in [3.63, 3.8) is 0 Å². The highest BCUT2D eigenvalue weighted by atomic mass is 35.5. The number of halogens is 1. The maximum Gasteiger partial charge on any atom is 0.118 e. The first-order chi connectivity index (χ1) is 7.70. The summed E-state index contributed by atoms with van der Waals surface area (Å²) in [7, 11) is 0. The van der Waals surface area contributed by atoms with E-state index >= 15 is 0 Å². The number of phenolic OH excluding ortho intramolecular Hbond substituents is 1. The summed E-state index contributed by atoms with van der Waals surface area (Å²) < 4.78 is 1.82. The van der Waals surface area contributed by atoms with E-state index in [2.05, 4.69) is 5.10 Å². The summed E-state index contributed by atoms with van der Waals surface area (Å²) in [5.74, 6) is 0.318. The zero-order valence-electron chi connectivity index (χ0n) is 9.63. The van der Waals surface area contributed by atoms with Crippen LogP contribution in [0.3, 0.4) is 0 Å². The fraction of sp³-hybridized carbons (Fsp3) is 0.250. The largest absolute Gasteiger partial charge is 0.508 e. The summed E-state index contributed by atoms with van der Waals surface area (Å²) in [6.45, 7) is 3.18. The standard InChI is InChI=1S/C12H15N3O.ClH/c1-9-6-10(2-3-12(9)16)11-7-14-15(8-11)5-4-13;/h2-3,6-8,16H,4-5,13H2,1H3;1H. The normalized spacial score (nSPS) is 10.0. The molecule has 0 bridgehead atoms. The van der Waals surface area contributed by atoms with Gasteiger partial charge < -0.3 is 10.8 Å². The van der Waals surface area contributed by atoms with Crippen molar-refractivity contribution in [2.75, 3.05) is 6.54 Å². The molecule has 2 aromatic rings. The van der Waals surface area contributed by atoms with Gasteiger partial charge in [-0.05, 0) is 30.2 Å². The number of benzene rings is 1. The van der Waals surface area contributed by atoms with Crippen LogP contribution in [0.15, 0.2) is 30.6 Å². The molecular weight excluding hydrogens is 238 g/mol. The molecule has 5 heteroatoms. The molecule has 17 heavy (non-hydrogen) atoms. The van der Waals surface area contributed by atoms with Gasteiger partial charge in [0.2, 0.25) is 0 Å². The Labute approximate surface area is 106 Å². The molecule has 4 nitrogen and oxygen atoms in total. The average Bonchev–Trinajstić information content (AvgIpc) is 2.71. The molecule has 0 saturated carbocycles. The van der Waals surface area contributed by atoms with E-state index in [0.29, 0.717) is 12.3 Å². The molecule has 0 fully saturated rings. The van der Waals surface area contributed by atoms with Gasteiger partial charge in [0.15, 0.2) is 0 Å². The van der Waals surface area contributed by atoms with Crippen molar-refractivity contribution in [3.05, 3.63) is 36.2 Å². The average molecular weight is 254 g/mol. The van der Waals surface area contributed by atoms with E-state index in [9.17, 15) is 5.11 Å². The van der Waals surface area contributed by atoms with Crippen LogP contribution in [-0.2, 0) is 6.54 Å². The minimum Gasteiger partial charge on any atom is -0.508 e. The minimum atomic E-state index is 0. The van der Waals surface area contributed by atoms with E-state index in [1.807, 2.05) is 36.1 Å². The number of rotatable bonds is 3. The Kier molecular flexibility index (Phi) is 4.54. The Morgan fingerprint density at radius 1 is 1.35 bits per heavy atom. The predicted molar refractivity (Wildman–Crippen MR) is 70.4 cm³/mol. The number of aryl methyl sites for hydroxylation is 1. The molecule has 0 aliphatic heterocycles. The third-order valence-corrected chi connectivity index (χ3v) is 2.52. The molecular formula is C12H16ClN3O. The number of phenols is 1. The first kappa shape index (κ1) is 13.5. The first-order valence-corrected chi connectivity index (χ1v) is 5.23. The molecule has 1 aromatic heterocycles. The van der Waals surface area contributed by atoms with Crippen LogP contribution in [0.1, 0.15) is 5.56 Å². The molecule has 0 unspecified atom stereocenters. The first-order valence-electron chi connectivity index (χ1n) is 5.23. The third kappa shape index (κ3) is 2.99. The summed E-state index contributed by atoms with van der Waals surface area (Å²) in [4.78, 5) is 0. The smallest absolute Gasteiger partial charge is 0.118 e. The molecule has 0 amide bonds. The Bertz CT molecular complexity index is 496. The lowest BCUT2D eigenvalue weighted by Gasteiger charge is -2.01. The van der Waals surface area contributed by atoms with E-state index in [1.54, 1.807) is 6.07 Å². The highest BCUT2D eigenvalue weighted by molar-refractivity contribution is 5.85. The summed E-state index contributed by atoms with van der Waals surface area (Å²) >= 11 is 0. The van der Waals surface area contributed by atoms with Crippen LogP contribution < -0.4 is 5.73 Å². The molecule has 0 atom stereocenters. The number of hydrogen-bond donors (Lipinski definition) is 2. The summed E-state index contributed by atoms with van der Waals surface area (Å²) in [5.41, 5.74) is 8.42. The van der Waals surface area contributed by atoms with Gasteiger partial charge in [0.05, 0.1) is 12.7 Å². The van der Waals surface area contributed by atoms with E-state index in [4.69, 9.17) is 5.73 Å². The van der Waals surface area contributed by atoms with Gasteiger partial charge in [0, 0.05) is 18.3 Å². The second kappa shape index (κ2) is 5.70. The lowest BCUT2D eigenvalue weighted by atomic mass is 10.1. The van der Waals surface area contributed by atoms with Gasteiger partial charge in [-0.15, -0.1) is 12.4 Å². The quantitative estimate of drug-likeness (QED) is 0.879. The Morgan fingerprint density at radius 2 is 2.12 bits per heavy atom. The van der Waals surface area contributed by atoms with Crippen molar-refractivity contribution in [2.45, 2.75) is 13.5 Å². The van der Waals surface area contributed by atoms with Crippen LogP contribution in [0.2, 0.25) is 0 Å². The molecule has 1 heterocycles. The molecule has 92 valence electrons. The van der Waals surface area contributed by atoms with Crippen molar-refractivity contribution in [1.29, 1.82) is 0 Å². The molecule has 2 rings (SSSR count). The molecule has 0 radical (unpaired) electrons. The van der Waals surface area contributed by atoms with E-state index in [-0.39, 0.29) is 12.4 Å². The van der Waals surface area contributed by atoms with Crippen LogP contribution in [0.25, 0.3) is 11.1 Å². The summed E-state index contributed by atoms with van der Waals surface area (Å²) in [6.07, 6.45) is 3.76. The summed E-state index contributed by atoms with van der Waals surface area (Å²) in [5, 5.41) is 13.7. The highest BCUT2D eigenvalue weighted by Gasteiger charge is 2.03. The third-order valence-electron chi connectivity index (χ3n) is 2.52. The van der Waals surface area contributed by atoms with Crippen LogP contribution in [0, 0.1) is 6.92 Å². The summed E-state index contributed by atoms with van der Waals surface area (Å²) in [6, 6.07) is 5.52. The Hall–Kier alpha value is -1.52. The van der Waals surface area contributed by atoms with Crippen molar-refractivity contribution in [3.8, 4) is 16.9 Å². The lowest BCUT2D eigenvalue weighted by molar-refractivity contribution is 0.471. The van der Waals surface area contributed by atoms with Crippen LogP contribution >= 0.6 is 12.4 Å². The fourth-order valence-electron chi connectivity index (χ4n) is 1.60. The number of nitrogens with two attached hydrogens (primary N) is 1. The van der Waals surface area contributed by atoms with Gasteiger partial charge in [-0.25, -0.2) is 0 Å². The van der Waals surface area contributed by atoms with Gasteiger partial charge in [-0.2, -0.15) is 5.10 Å². The topological polar surface area (TPSA) is 64.1 Å². The molecule has 0 saturated heterocycles. The van der Waals surface area contributed by atoms with Gasteiger partial charge in [-0.3, -0.25) is 4.68 Å². The highest BCUT2D eigenvalue weighted by Crippen LogP contribution is 2.24. The Balaban J connectivity index is 0.00000144. The van der Waals surface area contributed by atoms with Crippen molar-refractivity contribution >= 4 is 12.4 Å². The molecule has 3 N–H and O–H groups in total. The molecule has 1 aromatic carbocycles. The maximum atomic E-state index is 9.44. The van der Waals surface area contributed by atoms with E-state index in [0.717, 1.165) is 23.2 Å². The number of hydrogen-bond acceptors (Lipinski definition) is 3. The van der Waals surface area contributed by atoms with E-state index in [1.165, 1.54) is 0 Å². The van der Waals surface area contributed by atoms with Gasteiger partial charge in [0.25, 0.3) is 0 Å². The van der Waals surface area contributed by atoms with Crippen LogP contribution in [0.5, 0.6) is 5.75 Å². The number of aromatic hydroxyl groups is 1. The van der Waals surface area contributed by atoms with Crippen molar-refractivity contribution in [2.24, 2.45) is 5.73 Å². The SMILES string of the molecule is Cc1cc(-c2cnn(CCN)c2)ccc1O.Cl. The van der Waals surface area contributed by atoms with Gasteiger partial charge in [0.1, 0.15) is 5.75 Å². The van der Waals surface area contributed by atoms with Crippen molar-refractivity contribution in [1.82, 2.24) is 9.78 Å². The second-order valence-electron chi connectivity index (χ2n) is 3.78.